The second kappa shape index (κ2) is 10.2. The number of hydrogen-bond acceptors (Lipinski definition) is 5. The number of benzene rings is 3. The molecule has 0 unspecified atom stereocenters. The Morgan fingerprint density at radius 2 is 1.71 bits per heavy atom. The Bertz CT molecular complexity index is 1260. The van der Waals surface area contributed by atoms with Crippen LogP contribution in [-0.4, -0.2) is 34.2 Å². The van der Waals surface area contributed by atoms with E-state index in [1.54, 1.807) is 42.0 Å². The monoisotopic (exact) mass is 485 g/mol. The summed E-state index contributed by atoms with van der Waals surface area (Å²) in [7, 11) is 1.56. The zero-order chi connectivity index (χ0) is 24.1. The molecule has 1 aromatic heterocycles. The largest absolute Gasteiger partial charge is 0.497 e. The molecule has 9 heteroatoms. The third kappa shape index (κ3) is 5.36. The van der Waals surface area contributed by atoms with Gasteiger partial charge < -0.3 is 9.47 Å². The summed E-state index contributed by atoms with van der Waals surface area (Å²) in [5.41, 5.74) is 1.32. The van der Waals surface area contributed by atoms with E-state index in [4.69, 9.17) is 9.47 Å². The number of aromatic nitrogens is 3. The van der Waals surface area contributed by atoms with Crippen molar-refractivity contribution in [2.24, 2.45) is 0 Å². The topological polar surface area (TPSA) is 49.2 Å². The van der Waals surface area contributed by atoms with Crippen molar-refractivity contribution in [3.8, 4) is 28.6 Å². The third-order valence-electron chi connectivity index (χ3n) is 5.08. The van der Waals surface area contributed by atoms with E-state index in [2.05, 4.69) is 10.2 Å². The van der Waals surface area contributed by atoms with Gasteiger partial charge in [-0.3, -0.25) is 4.57 Å². The Balaban J connectivity index is 1.64. The van der Waals surface area contributed by atoms with Crippen molar-refractivity contribution in [1.82, 2.24) is 14.8 Å². The fourth-order valence-electron chi connectivity index (χ4n) is 3.35. The highest BCUT2D eigenvalue weighted by molar-refractivity contribution is 7.99. The second-order valence-electron chi connectivity index (χ2n) is 7.38. The van der Waals surface area contributed by atoms with E-state index in [9.17, 15) is 13.2 Å². The molecule has 0 N–H and O–H groups in total. The van der Waals surface area contributed by atoms with Gasteiger partial charge in [-0.2, -0.15) is 13.2 Å². The number of halogens is 3. The lowest BCUT2D eigenvalue weighted by Crippen LogP contribution is -2.08. The van der Waals surface area contributed by atoms with Gasteiger partial charge in [-0.1, -0.05) is 36.0 Å². The van der Waals surface area contributed by atoms with Crippen molar-refractivity contribution in [1.29, 1.82) is 0 Å². The van der Waals surface area contributed by atoms with Crippen LogP contribution in [-0.2, 0) is 6.18 Å². The van der Waals surface area contributed by atoms with Gasteiger partial charge in [0.25, 0.3) is 0 Å². The summed E-state index contributed by atoms with van der Waals surface area (Å²) in [6, 6.07) is 20.0. The molecule has 0 saturated carbocycles. The normalized spacial score (nSPS) is 11.4. The molecule has 0 spiro atoms. The molecule has 1 heterocycles. The number of hydrogen-bond donors (Lipinski definition) is 0. The SMILES string of the molecule is COc1ccc(-c2nnc(SCCOc3ccccc3C)n2-c2cccc(C(F)(F)F)c2)cc1. The minimum absolute atomic E-state index is 0.327. The molecule has 34 heavy (non-hydrogen) atoms. The van der Waals surface area contributed by atoms with Gasteiger partial charge in [0.2, 0.25) is 0 Å². The molecule has 0 aliphatic carbocycles. The first-order valence-electron chi connectivity index (χ1n) is 10.5. The third-order valence-corrected chi connectivity index (χ3v) is 5.97. The lowest BCUT2D eigenvalue weighted by Gasteiger charge is -2.14. The van der Waals surface area contributed by atoms with E-state index in [1.165, 1.54) is 17.8 Å². The van der Waals surface area contributed by atoms with E-state index < -0.39 is 11.7 Å². The Kier molecular flexibility index (Phi) is 7.12. The first-order valence-corrected chi connectivity index (χ1v) is 11.4. The van der Waals surface area contributed by atoms with Crippen molar-refractivity contribution >= 4 is 11.8 Å². The summed E-state index contributed by atoms with van der Waals surface area (Å²) >= 11 is 1.36. The molecule has 4 rings (SSSR count). The molecule has 0 atom stereocenters. The molecule has 0 bridgehead atoms. The molecule has 3 aromatic carbocycles. The maximum Gasteiger partial charge on any atom is 0.416 e. The summed E-state index contributed by atoms with van der Waals surface area (Å²) in [6.45, 7) is 2.37. The maximum atomic E-state index is 13.4. The van der Waals surface area contributed by atoms with Gasteiger partial charge in [-0.05, 0) is 61.0 Å². The van der Waals surface area contributed by atoms with Gasteiger partial charge in [0.15, 0.2) is 11.0 Å². The van der Waals surface area contributed by atoms with Crippen LogP contribution in [0.4, 0.5) is 13.2 Å². The molecule has 5 nitrogen and oxygen atoms in total. The van der Waals surface area contributed by atoms with Crippen LogP contribution in [0, 0.1) is 6.92 Å². The van der Waals surface area contributed by atoms with E-state index in [-0.39, 0.29) is 0 Å². The van der Waals surface area contributed by atoms with Gasteiger partial charge in [0, 0.05) is 11.3 Å². The number of methoxy groups -OCH3 is 1. The van der Waals surface area contributed by atoms with Crippen LogP contribution in [0.25, 0.3) is 17.1 Å². The van der Waals surface area contributed by atoms with E-state index in [0.29, 0.717) is 40.3 Å². The number of rotatable bonds is 8. The summed E-state index contributed by atoms with van der Waals surface area (Å²) in [4.78, 5) is 0. The van der Waals surface area contributed by atoms with Crippen LogP contribution in [0.15, 0.2) is 78.0 Å². The number of nitrogens with zero attached hydrogens (tertiary/aromatic N) is 3. The zero-order valence-electron chi connectivity index (χ0n) is 18.5. The van der Waals surface area contributed by atoms with Gasteiger partial charge in [-0.25, -0.2) is 0 Å². The van der Waals surface area contributed by atoms with Crippen molar-refractivity contribution in [3.05, 3.63) is 83.9 Å². The lowest BCUT2D eigenvalue weighted by molar-refractivity contribution is -0.137. The lowest BCUT2D eigenvalue weighted by atomic mass is 10.1. The van der Waals surface area contributed by atoms with Crippen molar-refractivity contribution in [2.45, 2.75) is 18.3 Å². The minimum atomic E-state index is -4.46. The fraction of sp³-hybridized carbons (Fsp3) is 0.200. The highest BCUT2D eigenvalue weighted by Gasteiger charge is 2.31. The highest BCUT2D eigenvalue weighted by atomic mass is 32.2. The molecule has 4 aromatic rings. The number of aryl methyl sites for hydroxylation is 1. The molecular formula is C25H22F3N3O2S. The second-order valence-corrected chi connectivity index (χ2v) is 8.44. The first-order chi connectivity index (χ1) is 16.4. The van der Waals surface area contributed by atoms with Crippen LogP contribution in [0.1, 0.15) is 11.1 Å². The zero-order valence-corrected chi connectivity index (χ0v) is 19.4. The maximum absolute atomic E-state index is 13.4. The average molecular weight is 486 g/mol. The average Bonchev–Trinajstić information content (AvgIpc) is 3.26. The Labute approximate surface area is 199 Å². The molecule has 0 aliphatic rings. The number of alkyl halides is 3. The molecule has 0 fully saturated rings. The molecular weight excluding hydrogens is 463 g/mol. The molecule has 0 radical (unpaired) electrons. The van der Waals surface area contributed by atoms with Crippen LogP contribution < -0.4 is 9.47 Å². The Morgan fingerprint density at radius 3 is 2.41 bits per heavy atom. The molecule has 176 valence electrons. The van der Waals surface area contributed by atoms with Gasteiger partial charge >= 0.3 is 6.18 Å². The van der Waals surface area contributed by atoms with Crippen LogP contribution in [0.2, 0.25) is 0 Å². The van der Waals surface area contributed by atoms with Gasteiger partial charge in [0.05, 0.1) is 25.0 Å². The summed E-state index contributed by atoms with van der Waals surface area (Å²) in [5, 5.41) is 9.03. The predicted octanol–water partition coefficient (Wildman–Crippen LogP) is 6.44. The molecule has 0 saturated heterocycles. The molecule has 0 aliphatic heterocycles. The van der Waals surface area contributed by atoms with Crippen LogP contribution >= 0.6 is 11.8 Å². The quantitative estimate of drug-likeness (QED) is 0.212. The van der Waals surface area contributed by atoms with E-state index in [0.717, 1.165) is 23.4 Å². The summed E-state index contributed by atoms with van der Waals surface area (Å²) in [6.07, 6.45) is -4.46. The number of ether oxygens (including phenoxy) is 2. The predicted molar refractivity (Wildman–Crippen MR) is 126 cm³/mol. The van der Waals surface area contributed by atoms with Gasteiger partial charge in [-0.15, -0.1) is 10.2 Å². The molecule has 0 amide bonds. The number of thioether (sulfide) groups is 1. The first kappa shape index (κ1) is 23.7. The fourth-order valence-corrected chi connectivity index (χ4v) is 4.12. The summed E-state index contributed by atoms with van der Waals surface area (Å²) in [5.74, 6) is 2.43. The minimum Gasteiger partial charge on any atom is -0.497 e. The Hall–Kier alpha value is -3.46. The van der Waals surface area contributed by atoms with Crippen LogP contribution in [0.5, 0.6) is 11.5 Å². The van der Waals surface area contributed by atoms with Crippen molar-refractivity contribution in [3.63, 3.8) is 0 Å². The van der Waals surface area contributed by atoms with E-state index in [1.807, 2.05) is 31.2 Å². The summed E-state index contributed by atoms with van der Waals surface area (Å²) < 4.78 is 52.8. The van der Waals surface area contributed by atoms with Crippen molar-refractivity contribution in [2.75, 3.05) is 19.5 Å². The Morgan fingerprint density at radius 1 is 0.941 bits per heavy atom. The standard InChI is InChI=1S/C25H22F3N3O2S/c1-17-6-3-4-9-22(17)33-14-15-34-24-30-29-23(18-10-12-21(32-2)13-11-18)31(24)20-8-5-7-19(16-20)25(26,27)28/h3-13,16H,14-15H2,1-2H3. The highest BCUT2D eigenvalue weighted by Crippen LogP contribution is 2.33. The van der Waals surface area contributed by atoms with Crippen LogP contribution in [0.3, 0.4) is 0 Å². The van der Waals surface area contributed by atoms with Crippen molar-refractivity contribution < 1.29 is 22.6 Å². The smallest absolute Gasteiger partial charge is 0.416 e. The number of para-hydroxylation sites is 1. The van der Waals surface area contributed by atoms with Gasteiger partial charge in [0.1, 0.15) is 11.5 Å². The van der Waals surface area contributed by atoms with E-state index >= 15 is 0 Å².